The molecule has 22 heavy (non-hydrogen) atoms. The molecule has 0 aliphatic rings. The number of nitrogens with one attached hydrogen (secondary N) is 2. The Labute approximate surface area is 134 Å². The number of carbonyl (C=O) groups excluding carboxylic acids is 1. The first kappa shape index (κ1) is 16.6. The maximum Gasteiger partial charge on any atom is 0.248 e. The van der Waals surface area contributed by atoms with Gasteiger partial charge in [-0.3, -0.25) is 9.59 Å². The largest absolute Gasteiger partial charge is 0.326 e. The molecule has 0 radical (unpaired) electrons. The van der Waals surface area contributed by atoms with Crippen LogP contribution in [0.15, 0.2) is 29.1 Å². The molecule has 0 saturated carbocycles. The molecule has 118 valence electrons. The quantitative estimate of drug-likeness (QED) is 0.825. The molecular weight excluding hydrogens is 300 g/mol. The molecule has 1 aromatic heterocycles. The zero-order chi connectivity index (χ0) is 16.3. The zero-order valence-electron chi connectivity index (χ0n) is 13.1. The second-order valence-electron chi connectivity index (χ2n) is 6.14. The summed E-state index contributed by atoms with van der Waals surface area (Å²) >= 11 is 5.82. The van der Waals surface area contributed by atoms with Crippen molar-refractivity contribution in [3.63, 3.8) is 0 Å². The van der Waals surface area contributed by atoms with Crippen LogP contribution in [0.1, 0.15) is 32.8 Å². The first-order valence-electron chi connectivity index (χ1n) is 7.41. The Bertz CT molecular complexity index is 750. The van der Waals surface area contributed by atoms with Crippen LogP contribution in [0.4, 0.5) is 5.69 Å². The summed E-state index contributed by atoms with van der Waals surface area (Å²) in [6, 6.07) is 7.21. The van der Waals surface area contributed by atoms with Gasteiger partial charge >= 0.3 is 0 Å². The van der Waals surface area contributed by atoms with Gasteiger partial charge in [0.05, 0.1) is 10.9 Å². The number of pyridine rings is 1. The van der Waals surface area contributed by atoms with E-state index in [-0.39, 0.29) is 17.3 Å². The number of aromatic nitrogens is 1. The summed E-state index contributed by atoms with van der Waals surface area (Å²) in [4.78, 5) is 26.7. The van der Waals surface area contributed by atoms with Gasteiger partial charge in [-0.2, -0.15) is 0 Å². The highest BCUT2D eigenvalue weighted by molar-refractivity contribution is 6.20. The summed E-state index contributed by atoms with van der Waals surface area (Å²) in [5, 5.41) is 3.86. The highest BCUT2D eigenvalue weighted by atomic mass is 35.5. The number of hydrogen-bond donors (Lipinski definition) is 2. The minimum Gasteiger partial charge on any atom is -0.326 e. The molecule has 0 saturated heterocycles. The molecule has 0 bridgehead atoms. The molecule has 2 N–H and O–H groups in total. The van der Waals surface area contributed by atoms with E-state index in [1.165, 1.54) is 0 Å². The first-order valence-corrected chi connectivity index (χ1v) is 7.94. The number of H-pyrrole nitrogens is 1. The molecule has 4 nitrogen and oxygen atoms in total. The van der Waals surface area contributed by atoms with Gasteiger partial charge < -0.3 is 10.3 Å². The second-order valence-corrected chi connectivity index (χ2v) is 6.41. The number of rotatable bonds is 5. The number of anilines is 1. The molecule has 0 aliphatic heterocycles. The van der Waals surface area contributed by atoms with Crippen LogP contribution in [0.3, 0.4) is 0 Å². The normalized spacial score (nSPS) is 11.6. The van der Waals surface area contributed by atoms with Crippen LogP contribution in [0.25, 0.3) is 10.9 Å². The number of carbonyl (C=O) groups is 1. The minimum absolute atomic E-state index is 0.125. The minimum atomic E-state index is -0.645. The number of fused-ring (bicyclic) bond motifs is 1. The monoisotopic (exact) mass is 320 g/mol. The molecule has 0 aliphatic carbocycles. The molecule has 0 atom stereocenters. The second kappa shape index (κ2) is 6.53. The number of aromatic amines is 1. The smallest absolute Gasteiger partial charge is 0.248 e. The summed E-state index contributed by atoms with van der Waals surface area (Å²) < 4.78 is 0. The van der Waals surface area contributed by atoms with Crippen molar-refractivity contribution in [3.8, 4) is 0 Å². The van der Waals surface area contributed by atoms with E-state index in [9.17, 15) is 9.59 Å². The van der Waals surface area contributed by atoms with Crippen LogP contribution in [0.2, 0.25) is 0 Å². The summed E-state index contributed by atoms with van der Waals surface area (Å²) in [6.07, 6.45) is 1.83. The van der Waals surface area contributed by atoms with E-state index in [0.717, 1.165) is 29.3 Å². The lowest BCUT2D eigenvalue weighted by atomic mass is 9.95. The summed E-state index contributed by atoms with van der Waals surface area (Å²) in [7, 11) is 0. The topological polar surface area (TPSA) is 62.0 Å². The van der Waals surface area contributed by atoms with Crippen molar-refractivity contribution in [2.45, 2.75) is 33.6 Å². The number of aryl methyl sites for hydroxylation is 1. The van der Waals surface area contributed by atoms with Crippen LogP contribution in [0.5, 0.6) is 0 Å². The molecule has 1 amide bonds. The van der Waals surface area contributed by atoms with Crippen molar-refractivity contribution in [2.24, 2.45) is 5.41 Å². The Kier molecular flexibility index (Phi) is 4.91. The molecule has 0 spiro atoms. The molecule has 5 heteroatoms. The molecular formula is C17H21ClN2O2. The van der Waals surface area contributed by atoms with Crippen molar-refractivity contribution in [3.05, 3.63) is 40.2 Å². The Morgan fingerprint density at radius 3 is 2.68 bits per heavy atom. The van der Waals surface area contributed by atoms with Gasteiger partial charge in [0.2, 0.25) is 11.5 Å². The standard InChI is InChI=1S/C17H21ClN2O2/c1-4-5-11-8-15(21)20-14-9-12(6-7-13(11)14)19-16(22)17(2,3)10-18/h6-9H,4-5,10H2,1-3H3,(H,19,22)(H,20,21). The van der Waals surface area contributed by atoms with E-state index >= 15 is 0 Å². The number of alkyl halides is 1. The third-order valence-corrected chi connectivity index (χ3v) is 4.32. The average Bonchev–Trinajstić information content (AvgIpc) is 2.47. The van der Waals surface area contributed by atoms with Gasteiger partial charge in [-0.1, -0.05) is 19.4 Å². The maximum atomic E-state index is 12.2. The van der Waals surface area contributed by atoms with E-state index in [0.29, 0.717) is 5.69 Å². The SMILES string of the molecule is CCCc1cc(=O)[nH]c2cc(NC(=O)C(C)(C)CCl)ccc12. The van der Waals surface area contributed by atoms with E-state index in [1.807, 2.05) is 12.1 Å². The van der Waals surface area contributed by atoms with Gasteiger partial charge in [-0.25, -0.2) is 0 Å². The Hall–Kier alpha value is -1.81. The third-order valence-electron chi connectivity index (χ3n) is 3.65. The highest BCUT2D eigenvalue weighted by Gasteiger charge is 2.26. The van der Waals surface area contributed by atoms with Gasteiger partial charge in [0.1, 0.15) is 0 Å². The van der Waals surface area contributed by atoms with Crippen molar-refractivity contribution in [1.82, 2.24) is 4.98 Å². The van der Waals surface area contributed by atoms with Crippen LogP contribution in [-0.4, -0.2) is 16.8 Å². The molecule has 0 unspecified atom stereocenters. The summed E-state index contributed by atoms with van der Waals surface area (Å²) in [5.74, 6) is 0.0954. The lowest BCUT2D eigenvalue weighted by molar-refractivity contribution is -0.122. The van der Waals surface area contributed by atoms with Crippen molar-refractivity contribution in [1.29, 1.82) is 0 Å². The Morgan fingerprint density at radius 2 is 2.05 bits per heavy atom. The predicted molar refractivity (Wildman–Crippen MR) is 91.7 cm³/mol. The lowest BCUT2D eigenvalue weighted by Gasteiger charge is -2.20. The summed E-state index contributed by atoms with van der Waals surface area (Å²) in [5.41, 5.74) is 1.65. The highest BCUT2D eigenvalue weighted by Crippen LogP contribution is 2.24. The van der Waals surface area contributed by atoms with E-state index in [4.69, 9.17) is 11.6 Å². The van der Waals surface area contributed by atoms with Crippen molar-refractivity contribution >= 4 is 34.1 Å². The molecule has 2 aromatic rings. The zero-order valence-corrected chi connectivity index (χ0v) is 13.9. The molecule has 0 fully saturated rings. The number of hydrogen-bond acceptors (Lipinski definition) is 2. The third kappa shape index (κ3) is 3.50. The van der Waals surface area contributed by atoms with Crippen LogP contribution < -0.4 is 10.9 Å². The number of benzene rings is 1. The average molecular weight is 321 g/mol. The van der Waals surface area contributed by atoms with Crippen molar-refractivity contribution in [2.75, 3.05) is 11.2 Å². The predicted octanol–water partition coefficient (Wildman–Crippen LogP) is 3.68. The molecule has 2 rings (SSSR count). The molecule has 1 aromatic carbocycles. The van der Waals surface area contributed by atoms with E-state index in [2.05, 4.69) is 17.2 Å². The molecule has 1 heterocycles. The van der Waals surface area contributed by atoms with Gasteiger partial charge in [0, 0.05) is 23.0 Å². The number of halogens is 1. The lowest BCUT2D eigenvalue weighted by Crippen LogP contribution is -2.32. The van der Waals surface area contributed by atoms with E-state index in [1.54, 1.807) is 26.0 Å². The van der Waals surface area contributed by atoms with Crippen LogP contribution >= 0.6 is 11.6 Å². The number of amides is 1. The van der Waals surface area contributed by atoms with Gasteiger partial charge in [0.15, 0.2) is 0 Å². The summed E-state index contributed by atoms with van der Waals surface area (Å²) in [6.45, 7) is 5.66. The van der Waals surface area contributed by atoms with E-state index < -0.39 is 5.41 Å². The van der Waals surface area contributed by atoms with Crippen LogP contribution in [-0.2, 0) is 11.2 Å². The van der Waals surface area contributed by atoms with Crippen LogP contribution in [0, 0.1) is 5.41 Å². The Morgan fingerprint density at radius 1 is 1.32 bits per heavy atom. The fourth-order valence-corrected chi connectivity index (χ4v) is 2.37. The Balaban J connectivity index is 2.39. The van der Waals surface area contributed by atoms with Gasteiger partial charge in [0.25, 0.3) is 0 Å². The maximum absolute atomic E-state index is 12.2. The fourth-order valence-electron chi connectivity index (χ4n) is 2.25. The van der Waals surface area contributed by atoms with Gasteiger partial charge in [-0.15, -0.1) is 11.6 Å². The van der Waals surface area contributed by atoms with Gasteiger partial charge in [-0.05, 0) is 38.0 Å². The van der Waals surface area contributed by atoms with Crippen molar-refractivity contribution < 1.29 is 4.79 Å². The fraction of sp³-hybridized carbons (Fsp3) is 0.412. The first-order chi connectivity index (χ1) is 10.4.